The van der Waals surface area contributed by atoms with Crippen molar-refractivity contribution in [1.82, 2.24) is 15.3 Å². The molecule has 2 rings (SSSR count). The molecular formula is C18H24N4O. The Morgan fingerprint density at radius 1 is 1.04 bits per heavy atom. The quantitative estimate of drug-likeness (QED) is 0.853. The van der Waals surface area contributed by atoms with Crippen LogP contribution >= 0.6 is 0 Å². The van der Waals surface area contributed by atoms with E-state index in [-0.39, 0.29) is 5.91 Å². The molecule has 122 valence electrons. The Morgan fingerprint density at radius 2 is 1.74 bits per heavy atom. The van der Waals surface area contributed by atoms with E-state index < -0.39 is 0 Å². The summed E-state index contributed by atoms with van der Waals surface area (Å²) in [5.74, 6) is 1.33. The molecule has 5 nitrogen and oxygen atoms in total. The van der Waals surface area contributed by atoms with Crippen molar-refractivity contribution >= 4 is 17.4 Å². The molecule has 0 atom stereocenters. The lowest BCUT2D eigenvalue weighted by molar-refractivity contribution is 0.0943. The highest BCUT2D eigenvalue weighted by Gasteiger charge is 2.08. The van der Waals surface area contributed by atoms with E-state index >= 15 is 0 Å². The van der Waals surface area contributed by atoms with Crippen LogP contribution in [0.25, 0.3) is 0 Å². The maximum Gasteiger partial charge on any atom is 0.271 e. The number of nitrogens with zero attached hydrogens (tertiary/aromatic N) is 2. The summed E-state index contributed by atoms with van der Waals surface area (Å²) in [4.78, 5) is 20.3. The van der Waals surface area contributed by atoms with Gasteiger partial charge in [0.2, 0.25) is 0 Å². The van der Waals surface area contributed by atoms with Gasteiger partial charge in [0.1, 0.15) is 11.5 Å². The van der Waals surface area contributed by atoms with Crippen LogP contribution < -0.4 is 10.6 Å². The van der Waals surface area contributed by atoms with Gasteiger partial charge in [-0.25, -0.2) is 9.97 Å². The fourth-order valence-electron chi connectivity index (χ4n) is 2.00. The summed E-state index contributed by atoms with van der Waals surface area (Å²) in [6.07, 6.45) is 3.06. The normalized spacial score (nSPS) is 10.9. The molecule has 0 unspecified atom stereocenters. The van der Waals surface area contributed by atoms with Crippen molar-refractivity contribution in [2.75, 3.05) is 11.9 Å². The van der Waals surface area contributed by atoms with Crippen molar-refractivity contribution < 1.29 is 4.79 Å². The number of benzene rings is 1. The summed E-state index contributed by atoms with van der Waals surface area (Å²) in [5, 5.41) is 6.00. The van der Waals surface area contributed by atoms with Crippen LogP contribution in [0.3, 0.4) is 0 Å². The largest absolute Gasteiger partial charge is 0.350 e. The van der Waals surface area contributed by atoms with E-state index in [4.69, 9.17) is 0 Å². The smallest absolute Gasteiger partial charge is 0.271 e. The zero-order chi connectivity index (χ0) is 16.8. The molecule has 23 heavy (non-hydrogen) atoms. The Kier molecular flexibility index (Phi) is 5.68. The van der Waals surface area contributed by atoms with E-state index in [0.29, 0.717) is 29.9 Å². The second-order valence-corrected chi connectivity index (χ2v) is 6.29. The molecule has 2 aromatic rings. The molecule has 0 radical (unpaired) electrons. The van der Waals surface area contributed by atoms with Crippen LogP contribution in [-0.4, -0.2) is 22.4 Å². The molecule has 0 aliphatic heterocycles. The zero-order valence-electron chi connectivity index (χ0n) is 14.1. The van der Waals surface area contributed by atoms with E-state index in [2.05, 4.69) is 46.6 Å². The average molecular weight is 312 g/mol. The van der Waals surface area contributed by atoms with Gasteiger partial charge in [-0.2, -0.15) is 0 Å². The first kappa shape index (κ1) is 16.9. The van der Waals surface area contributed by atoms with Gasteiger partial charge in [0.05, 0.1) is 12.4 Å². The molecule has 1 heterocycles. The molecule has 5 heteroatoms. The number of rotatable bonds is 6. The third-order valence-electron chi connectivity index (χ3n) is 3.41. The van der Waals surface area contributed by atoms with Crippen molar-refractivity contribution in [3.8, 4) is 0 Å². The van der Waals surface area contributed by atoms with E-state index in [0.717, 1.165) is 5.69 Å². The predicted molar refractivity (Wildman–Crippen MR) is 93.0 cm³/mol. The van der Waals surface area contributed by atoms with Gasteiger partial charge in [0.25, 0.3) is 5.91 Å². The Labute approximate surface area is 137 Å². The van der Waals surface area contributed by atoms with Crippen molar-refractivity contribution in [1.29, 1.82) is 0 Å². The lowest BCUT2D eigenvalue weighted by atomic mass is 10.0. The molecule has 0 saturated carbocycles. The number of anilines is 2. The van der Waals surface area contributed by atoms with Crippen LogP contribution in [0, 0.1) is 5.92 Å². The maximum atomic E-state index is 11.9. The molecule has 0 aliphatic carbocycles. The third-order valence-corrected chi connectivity index (χ3v) is 3.41. The Hall–Kier alpha value is -2.43. The van der Waals surface area contributed by atoms with E-state index in [1.54, 1.807) is 6.20 Å². The summed E-state index contributed by atoms with van der Waals surface area (Å²) in [6, 6.07) is 8.21. The lowest BCUT2D eigenvalue weighted by Gasteiger charge is -2.09. The second-order valence-electron chi connectivity index (χ2n) is 6.29. The Morgan fingerprint density at radius 3 is 2.26 bits per heavy atom. The number of hydrogen-bond acceptors (Lipinski definition) is 4. The van der Waals surface area contributed by atoms with Gasteiger partial charge in [0.15, 0.2) is 0 Å². The summed E-state index contributed by atoms with van der Waals surface area (Å²) in [7, 11) is 0. The maximum absolute atomic E-state index is 11.9. The molecular weight excluding hydrogens is 288 g/mol. The molecule has 2 N–H and O–H groups in total. The molecule has 0 spiro atoms. The van der Waals surface area contributed by atoms with Crippen LogP contribution in [0.15, 0.2) is 36.7 Å². The van der Waals surface area contributed by atoms with Gasteiger partial charge in [-0.3, -0.25) is 4.79 Å². The molecule has 0 bridgehead atoms. The van der Waals surface area contributed by atoms with Gasteiger partial charge in [-0.1, -0.05) is 39.8 Å². The van der Waals surface area contributed by atoms with Crippen LogP contribution in [0.1, 0.15) is 49.7 Å². The minimum atomic E-state index is -0.195. The number of carbonyl (C=O) groups is 1. The number of hydrogen-bond donors (Lipinski definition) is 2. The highest BCUT2D eigenvalue weighted by Crippen LogP contribution is 2.19. The van der Waals surface area contributed by atoms with E-state index in [1.165, 1.54) is 11.8 Å². The molecule has 0 saturated heterocycles. The van der Waals surface area contributed by atoms with Gasteiger partial charge >= 0.3 is 0 Å². The van der Waals surface area contributed by atoms with Crippen LogP contribution in [0.2, 0.25) is 0 Å². The van der Waals surface area contributed by atoms with Crippen molar-refractivity contribution in [3.63, 3.8) is 0 Å². The lowest BCUT2D eigenvalue weighted by Crippen LogP contribution is -2.28. The Bertz CT molecular complexity index is 633. The predicted octanol–water partition coefficient (Wildman–Crippen LogP) is 3.73. The van der Waals surface area contributed by atoms with E-state index in [9.17, 15) is 4.79 Å². The molecule has 0 aliphatic rings. The third kappa shape index (κ3) is 5.06. The highest BCUT2D eigenvalue weighted by atomic mass is 16.1. The average Bonchev–Trinajstić information content (AvgIpc) is 2.54. The molecule has 0 fully saturated rings. The van der Waals surface area contributed by atoms with Gasteiger partial charge in [-0.05, 0) is 29.5 Å². The second kappa shape index (κ2) is 7.72. The first-order valence-corrected chi connectivity index (χ1v) is 7.93. The SMILES string of the molecule is CC(C)CNC(=O)c1cnc(Nc2ccc(C(C)C)cc2)cn1. The summed E-state index contributed by atoms with van der Waals surface area (Å²) >= 11 is 0. The highest BCUT2D eigenvalue weighted by molar-refractivity contribution is 5.92. The summed E-state index contributed by atoms with van der Waals surface area (Å²) in [5.41, 5.74) is 2.56. The number of carbonyl (C=O) groups excluding carboxylic acids is 1. The van der Waals surface area contributed by atoms with Gasteiger partial charge in [-0.15, -0.1) is 0 Å². The molecule has 1 aromatic carbocycles. The van der Waals surface area contributed by atoms with Gasteiger partial charge < -0.3 is 10.6 Å². The summed E-state index contributed by atoms with van der Waals surface area (Å²) in [6.45, 7) is 9.05. The molecule has 1 aromatic heterocycles. The van der Waals surface area contributed by atoms with Crippen molar-refractivity contribution in [3.05, 3.63) is 47.9 Å². The monoisotopic (exact) mass is 312 g/mol. The topological polar surface area (TPSA) is 66.9 Å². The molecule has 1 amide bonds. The summed E-state index contributed by atoms with van der Waals surface area (Å²) < 4.78 is 0. The zero-order valence-corrected chi connectivity index (χ0v) is 14.1. The van der Waals surface area contributed by atoms with Crippen LogP contribution in [0.5, 0.6) is 0 Å². The minimum absolute atomic E-state index is 0.195. The van der Waals surface area contributed by atoms with Crippen LogP contribution in [0.4, 0.5) is 11.5 Å². The Balaban J connectivity index is 1.98. The fraction of sp³-hybridized carbons (Fsp3) is 0.389. The fourth-order valence-corrected chi connectivity index (χ4v) is 2.00. The van der Waals surface area contributed by atoms with E-state index in [1.807, 2.05) is 26.0 Å². The number of nitrogens with one attached hydrogen (secondary N) is 2. The number of aromatic nitrogens is 2. The van der Waals surface area contributed by atoms with Crippen molar-refractivity contribution in [2.24, 2.45) is 5.92 Å². The number of amides is 1. The van der Waals surface area contributed by atoms with Crippen molar-refractivity contribution in [2.45, 2.75) is 33.6 Å². The minimum Gasteiger partial charge on any atom is -0.350 e. The van der Waals surface area contributed by atoms with Gasteiger partial charge in [0, 0.05) is 12.2 Å². The first-order valence-electron chi connectivity index (χ1n) is 7.93. The first-order chi connectivity index (χ1) is 11.0. The standard InChI is InChI=1S/C18H24N4O/c1-12(2)9-21-18(23)16-10-20-17(11-19-16)22-15-7-5-14(6-8-15)13(3)4/h5-8,10-13H,9H2,1-4H3,(H,20,22)(H,21,23). The van der Waals surface area contributed by atoms with Crippen LogP contribution in [-0.2, 0) is 0 Å².